The Bertz CT molecular complexity index is 501. The van der Waals surface area contributed by atoms with E-state index in [0.29, 0.717) is 0 Å². The molecular weight excluding hydrogens is 357 g/mol. The monoisotopic (exact) mass is 379 g/mol. The van der Waals surface area contributed by atoms with E-state index in [1.54, 1.807) is 6.08 Å². The van der Waals surface area contributed by atoms with Gasteiger partial charge in [0.2, 0.25) is 12.1 Å². The molecule has 4 nitrogen and oxygen atoms in total. The van der Waals surface area contributed by atoms with Crippen LogP contribution in [0.3, 0.4) is 0 Å². The van der Waals surface area contributed by atoms with Crippen molar-refractivity contribution < 1.29 is 15.0 Å². The number of carbonyl (C=O) groups excluding carboxylic acids is 1. The lowest BCUT2D eigenvalue weighted by molar-refractivity contribution is -0.860. The highest BCUT2D eigenvalue weighted by Gasteiger charge is 2.36. The molecule has 0 saturated heterocycles. The smallest absolute Gasteiger partial charge is 0.262 e. The van der Waals surface area contributed by atoms with Crippen LogP contribution in [0.1, 0.15) is 12.0 Å². The van der Waals surface area contributed by atoms with Crippen LogP contribution in [0.4, 0.5) is 0 Å². The standard InChI is InChI=1S/C16H22Cl3N3O/c1-22(2)12-6-11-20-15(16(17,18)19)21-14(23)10-9-13-7-4-3-5-8-13/h3-5,7-10,15,20H,6,11-12H2,1-2H3,(H,21,23)/p+2/b10-9+/t15-/m0/s1. The van der Waals surface area contributed by atoms with Crippen molar-refractivity contribution in [3.8, 4) is 0 Å². The fraction of sp³-hybridized carbons (Fsp3) is 0.438. The zero-order valence-electron chi connectivity index (χ0n) is 13.4. The highest BCUT2D eigenvalue weighted by atomic mass is 35.6. The number of nitrogens with two attached hydrogens (primary N) is 1. The zero-order chi connectivity index (χ0) is 17.3. The van der Waals surface area contributed by atoms with Gasteiger partial charge in [0.05, 0.1) is 27.2 Å². The molecule has 7 heteroatoms. The van der Waals surface area contributed by atoms with E-state index in [9.17, 15) is 4.79 Å². The normalized spacial score (nSPS) is 13.5. The van der Waals surface area contributed by atoms with Crippen LogP contribution in [0.5, 0.6) is 0 Å². The molecule has 0 spiro atoms. The molecule has 1 atom stereocenters. The van der Waals surface area contributed by atoms with Crippen LogP contribution in [0.15, 0.2) is 36.4 Å². The Morgan fingerprint density at radius 3 is 2.52 bits per heavy atom. The maximum atomic E-state index is 12.0. The quantitative estimate of drug-likeness (QED) is 0.263. The Hall–Kier alpha value is -0.780. The van der Waals surface area contributed by atoms with Gasteiger partial charge >= 0.3 is 0 Å². The molecule has 0 fully saturated rings. The van der Waals surface area contributed by atoms with Crippen LogP contribution in [0, 0.1) is 0 Å². The summed E-state index contributed by atoms with van der Waals surface area (Å²) in [5.41, 5.74) is 0.936. The van der Waals surface area contributed by atoms with E-state index in [2.05, 4.69) is 19.4 Å². The van der Waals surface area contributed by atoms with Crippen LogP contribution in [-0.4, -0.2) is 43.1 Å². The van der Waals surface area contributed by atoms with Gasteiger partial charge < -0.3 is 10.2 Å². The van der Waals surface area contributed by atoms with E-state index >= 15 is 0 Å². The maximum absolute atomic E-state index is 12.0. The highest BCUT2D eigenvalue weighted by molar-refractivity contribution is 6.68. The van der Waals surface area contributed by atoms with Crippen LogP contribution in [-0.2, 0) is 4.79 Å². The first-order valence-corrected chi connectivity index (χ1v) is 8.65. The highest BCUT2D eigenvalue weighted by Crippen LogP contribution is 2.27. The van der Waals surface area contributed by atoms with Crippen LogP contribution in [0.2, 0.25) is 0 Å². The fourth-order valence-corrected chi connectivity index (χ4v) is 2.38. The molecule has 1 rings (SSSR count). The second kappa shape index (κ2) is 10.2. The minimum Gasteiger partial charge on any atom is -0.340 e. The summed E-state index contributed by atoms with van der Waals surface area (Å²) in [5, 5.41) is 4.58. The lowest BCUT2D eigenvalue weighted by Gasteiger charge is -2.22. The molecule has 1 amide bonds. The third-order valence-corrected chi connectivity index (χ3v) is 3.87. The maximum Gasteiger partial charge on any atom is 0.262 e. The lowest BCUT2D eigenvalue weighted by atomic mass is 10.2. The van der Waals surface area contributed by atoms with Crippen molar-refractivity contribution in [2.24, 2.45) is 0 Å². The van der Waals surface area contributed by atoms with Crippen molar-refractivity contribution in [3.63, 3.8) is 0 Å². The molecule has 0 aliphatic rings. The van der Waals surface area contributed by atoms with Crippen molar-refractivity contribution in [3.05, 3.63) is 42.0 Å². The van der Waals surface area contributed by atoms with E-state index in [0.717, 1.165) is 25.1 Å². The third-order valence-electron chi connectivity index (χ3n) is 3.16. The summed E-state index contributed by atoms with van der Waals surface area (Å²) in [7, 11) is 4.17. The molecule has 0 heterocycles. The second-order valence-corrected chi connectivity index (χ2v) is 7.98. The van der Waals surface area contributed by atoms with E-state index in [1.165, 1.54) is 11.0 Å². The Morgan fingerprint density at radius 2 is 1.96 bits per heavy atom. The Balaban J connectivity index is 2.52. The van der Waals surface area contributed by atoms with Gasteiger partial charge in [0.15, 0.2) is 0 Å². The Kier molecular flexibility index (Phi) is 8.95. The molecule has 0 unspecified atom stereocenters. The van der Waals surface area contributed by atoms with Crippen molar-refractivity contribution in [1.29, 1.82) is 0 Å². The summed E-state index contributed by atoms with van der Waals surface area (Å²) in [5.74, 6) is -0.292. The summed E-state index contributed by atoms with van der Waals surface area (Å²) in [4.78, 5) is 13.4. The number of quaternary nitrogens is 2. The van der Waals surface area contributed by atoms with Gasteiger partial charge in [0, 0.05) is 12.5 Å². The molecule has 0 aliphatic carbocycles. The average Bonchev–Trinajstić information content (AvgIpc) is 2.48. The summed E-state index contributed by atoms with van der Waals surface area (Å²) in [6, 6.07) is 9.54. The lowest BCUT2D eigenvalue weighted by Crippen LogP contribution is -3.06. The van der Waals surface area contributed by atoms with E-state index in [4.69, 9.17) is 34.8 Å². The second-order valence-electron chi connectivity index (χ2n) is 5.61. The molecule has 0 bridgehead atoms. The Morgan fingerprint density at radius 1 is 1.30 bits per heavy atom. The van der Waals surface area contributed by atoms with Gasteiger partial charge in [-0.3, -0.25) is 10.1 Å². The number of carbonyl (C=O) groups is 1. The molecule has 128 valence electrons. The molecule has 0 saturated carbocycles. The number of hydrogen-bond acceptors (Lipinski definition) is 1. The summed E-state index contributed by atoms with van der Waals surface area (Å²) in [6.07, 6.45) is 3.50. The number of hydrogen-bond donors (Lipinski definition) is 3. The first-order valence-electron chi connectivity index (χ1n) is 7.51. The van der Waals surface area contributed by atoms with Crippen molar-refractivity contribution in [2.45, 2.75) is 16.4 Å². The van der Waals surface area contributed by atoms with Gasteiger partial charge in [0.25, 0.3) is 3.79 Å². The molecule has 1 aromatic carbocycles. The molecule has 0 aliphatic heterocycles. The zero-order valence-corrected chi connectivity index (χ0v) is 15.6. The Labute approximate surface area is 152 Å². The molecular formula is C16H24Cl3N3O+2. The van der Waals surface area contributed by atoms with Gasteiger partial charge in [-0.15, -0.1) is 0 Å². The van der Waals surface area contributed by atoms with Crippen molar-refractivity contribution >= 4 is 46.8 Å². The number of alkyl halides is 3. The van der Waals surface area contributed by atoms with E-state index in [-0.39, 0.29) is 5.91 Å². The largest absolute Gasteiger partial charge is 0.340 e. The average molecular weight is 381 g/mol. The molecule has 23 heavy (non-hydrogen) atoms. The van der Waals surface area contributed by atoms with Gasteiger partial charge in [0.1, 0.15) is 0 Å². The van der Waals surface area contributed by atoms with Crippen LogP contribution >= 0.6 is 34.8 Å². The molecule has 4 N–H and O–H groups in total. The van der Waals surface area contributed by atoms with E-state index < -0.39 is 9.96 Å². The van der Waals surface area contributed by atoms with E-state index in [1.807, 2.05) is 35.6 Å². The predicted molar refractivity (Wildman–Crippen MR) is 96.8 cm³/mol. The molecule has 1 aromatic rings. The molecule has 0 aromatic heterocycles. The summed E-state index contributed by atoms with van der Waals surface area (Å²) < 4.78 is -1.57. The molecule has 0 radical (unpaired) electrons. The summed E-state index contributed by atoms with van der Waals surface area (Å²) in [6.45, 7) is 1.79. The van der Waals surface area contributed by atoms with Gasteiger partial charge in [-0.05, 0) is 11.6 Å². The number of halogens is 3. The first-order chi connectivity index (χ1) is 10.8. The number of nitrogens with one attached hydrogen (secondary N) is 2. The number of amides is 1. The first kappa shape index (κ1) is 20.3. The van der Waals surface area contributed by atoms with Gasteiger partial charge in [-0.1, -0.05) is 65.1 Å². The van der Waals surface area contributed by atoms with Crippen LogP contribution < -0.4 is 15.5 Å². The third kappa shape index (κ3) is 9.18. The minimum absolute atomic E-state index is 0.292. The SMILES string of the molecule is C[NH+](C)CCC[NH2+][C@@H](NC(=O)/C=C/c1ccccc1)C(Cl)(Cl)Cl. The number of benzene rings is 1. The van der Waals surface area contributed by atoms with Crippen molar-refractivity contribution in [1.82, 2.24) is 5.32 Å². The fourth-order valence-electron chi connectivity index (χ4n) is 1.95. The number of rotatable bonds is 8. The van der Waals surface area contributed by atoms with Gasteiger partial charge in [-0.25, -0.2) is 0 Å². The summed E-state index contributed by atoms with van der Waals surface area (Å²) >= 11 is 17.9. The van der Waals surface area contributed by atoms with Crippen LogP contribution in [0.25, 0.3) is 6.08 Å². The van der Waals surface area contributed by atoms with Crippen molar-refractivity contribution in [2.75, 3.05) is 27.2 Å². The minimum atomic E-state index is -1.57. The topological polar surface area (TPSA) is 50.1 Å². The predicted octanol–water partition coefficient (Wildman–Crippen LogP) is 0.610. The van der Waals surface area contributed by atoms with Gasteiger partial charge in [-0.2, -0.15) is 0 Å².